The number of benzene rings is 1. The Labute approximate surface area is 75.4 Å². The Kier molecular flexibility index (Phi) is 5.14. The van der Waals surface area contributed by atoms with E-state index in [-0.39, 0.29) is 12.1 Å². The molecule has 0 amide bonds. The van der Waals surface area contributed by atoms with E-state index in [4.69, 9.17) is 5.73 Å². The lowest BCUT2D eigenvalue weighted by Gasteiger charge is -1.98. The highest BCUT2D eigenvalue weighted by Gasteiger charge is 2.08. The summed E-state index contributed by atoms with van der Waals surface area (Å²) < 4.78 is 37.0. The predicted molar refractivity (Wildman–Crippen MR) is 45.6 cm³/mol. The lowest BCUT2D eigenvalue weighted by atomic mass is 10.2. The zero-order valence-electron chi connectivity index (χ0n) is 7.57. The highest BCUT2D eigenvalue weighted by atomic mass is 19.2. The molecule has 0 fully saturated rings. The van der Waals surface area contributed by atoms with Gasteiger partial charge in [0.2, 0.25) is 0 Å². The van der Waals surface area contributed by atoms with Crippen LogP contribution in [-0.2, 0) is 6.54 Å². The molecular weight excluding hydrogens is 179 g/mol. The van der Waals surface area contributed by atoms with Gasteiger partial charge in [0.15, 0.2) is 17.5 Å². The van der Waals surface area contributed by atoms with Crippen LogP contribution in [0.25, 0.3) is 0 Å². The van der Waals surface area contributed by atoms with E-state index < -0.39 is 17.5 Å². The molecule has 0 aliphatic carbocycles. The van der Waals surface area contributed by atoms with Crippen LogP contribution in [0.5, 0.6) is 0 Å². The van der Waals surface area contributed by atoms with Crippen LogP contribution in [0, 0.1) is 17.5 Å². The maximum absolute atomic E-state index is 12.4. The highest BCUT2D eigenvalue weighted by molar-refractivity contribution is 5.18. The molecule has 1 nitrogen and oxygen atoms in total. The number of hydrogen-bond donors (Lipinski definition) is 1. The summed E-state index contributed by atoms with van der Waals surface area (Å²) in [5.41, 5.74) is 5.32. The van der Waals surface area contributed by atoms with Gasteiger partial charge in [0, 0.05) is 6.54 Å². The van der Waals surface area contributed by atoms with Gasteiger partial charge in [-0.05, 0) is 17.7 Å². The quantitative estimate of drug-likeness (QED) is 0.678. The minimum absolute atomic E-state index is 0.00583. The zero-order chi connectivity index (χ0) is 10.4. The van der Waals surface area contributed by atoms with E-state index in [0.717, 1.165) is 12.1 Å². The Hall–Kier alpha value is -1.03. The summed E-state index contributed by atoms with van der Waals surface area (Å²) in [6, 6.07) is 1.75. The van der Waals surface area contributed by atoms with Crippen LogP contribution in [0.3, 0.4) is 0 Å². The van der Waals surface area contributed by atoms with Crippen molar-refractivity contribution in [1.29, 1.82) is 0 Å². The van der Waals surface area contributed by atoms with Gasteiger partial charge in [0.1, 0.15) is 0 Å². The first-order valence-corrected chi connectivity index (χ1v) is 3.98. The van der Waals surface area contributed by atoms with Crippen LogP contribution >= 0.6 is 0 Å². The topological polar surface area (TPSA) is 26.0 Å². The van der Waals surface area contributed by atoms with E-state index in [1.807, 2.05) is 13.8 Å². The molecule has 0 saturated carbocycles. The van der Waals surface area contributed by atoms with Gasteiger partial charge in [-0.1, -0.05) is 13.8 Å². The van der Waals surface area contributed by atoms with E-state index in [1.165, 1.54) is 0 Å². The van der Waals surface area contributed by atoms with Crippen molar-refractivity contribution < 1.29 is 13.2 Å². The van der Waals surface area contributed by atoms with E-state index in [9.17, 15) is 13.2 Å². The standard InChI is InChI=1S/C7H6F3N.C2H6/c8-5-1-4(3-11)2-6(9)7(5)10;1-2/h1-2H,3,11H2;1-2H3. The summed E-state index contributed by atoms with van der Waals surface area (Å²) in [6.07, 6.45) is 0. The van der Waals surface area contributed by atoms with Crippen molar-refractivity contribution in [2.24, 2.45) is 5.73 Å². The SMILES string of the molecule is CC.NCc1cc(F)c(F)c(F)c1. The lowest BCUT2D eigenvalue weighted by molar-refractivity contribution is 0.445. The molecule has 0 aliphatic heterocycles. The smallest absolute Gasteiger partial charge is 0.194 e. The van der Waals surface area contributed by atoms with Crippen molar-refractivity contribution in [3.63, 3.8) is 0 Å². The predicted octanol–water partition coefficient (Wildman–Crippen LogP) is 2.59. The molecule has 1 rings (SSSR count). The molecule has 0 unspecified atom stereocenters. The van der Waals surface area contributed by atoms with Gasteiger partial charge >= 0.3 is 0 Å². The second-order valence-electron chi connectivity index (χ2n) is 2.08. The van der Waals surface area contributed by atoms with Gasteiger partial charge in [-0.25, -0.2) is 13.2 Å². The van der Waals surface area contributed by atoms with Gasteiger partial charge in [0.25, 0.3) is 0 Å². The van der Waals surface area contributed by atoms with Gasteiger partial charge in [-0.2, -0.15) is 0 Å². The molecule has 1 aromatic carbocycles. The fraction of sp³-hybridized carbons (Fsp3) is 0.333. The minimum atomic E-state index is -1.46. The van der Waals surface area contributed by atoms with Gasteiger partial charge < -0.3 is 5.73 Å². The third-order valence-electron chi connectivity index (χ3n) is 1.28. The first-order chi connectivity index (χ1) is 6.15. The fourth-order valence-corrected chi connectivity index (χ4v) is 0.726. The average Bonchev–Trinajstić information content (AvgIpc) is 2.16. The molecule has 4 heteroatoms. The van der Waals surface area contributed by atoms with Crippen molar-refractivity contribution in [2.75, 3.05) is 0 Å². The number of hydrogen-bond acceptors (Lipinski definition) is 1. The maximum atomic E-state index is 12.4. The summed E-state index contributed by atoms with van der Waals surface area (Å²) in [6.45, 7) is 3.99. The molecule has 0 aliphatic rings. The molecule has 0 aromatic heterocycles. The van der Waals surface area contributed by atoms with Gasteiger partial charge in [0.05, 0.1) is 0 Å². The summed E-state index contributed by atoms with van der Waals surface area (Å²) in [5, 5.41) is 0. The summed E-state index contributed by atoms with van der Waals surface area (Å²) in [4.78, 5) is 0. The molecule has 74 valence electrons. The van der Waals surface area contributed by atoms with Crippen LogP contribution in [0.15, 0.2) is 12.1 Å². The van der Waals surface area contributed by atoms with E-state index in [0.29, 0.717) is 0 Å². The Morgan fingerprint density at radius 3 is 1.77 bits per heavy atom. The van der Waals surface area contributed by atoms with Crippen molar-refractivity contribution in [1.82, 2.24) is 0 Å². The molecule has 0 spiro atoms. The lowest BCUT2D eigenvalue weighted by Crippen LogP contribution is -2.00. The Morgan fingerprint density at radius 1 is 1.08 bits per heavy atom. The van der Waals surface area contributed by atoms with E-state index in [2.05, 4.69) is 0 Å². The first kappa shape index (κ1) is 12.0. The highest BCUT2D eigenvalue weighted by Crippen LogP contribution is 2.12. The largest absolute Gasteiger partial charge is 0.326 e. The third-order valence-corrected chi connectivity index (χ3v) is 1.28. The van der Waals surface area contributed by atoms with Crippen LogP contribution in [0.2, 0.25) is 0 Å². The number of nitrogens with two attached hydrogens (primary N) is 1. The zero-order valence-corrected chi connectivity index (χ0v) is 7.57. The van der Waals surface area contributed by atoms with Crippen LogP contribution in [-0.4, -0.2) is 0 Å². The molecular formula is C9H12F3N. The van der Waals surface area contributed by atoms with Crippen LogP contribution in [0.1, 0.15) is 19.4 Å². The van der Waals surface area contributed by atoms with Gasteiger partial charge in [-0.3, -0.25) is 0 Å². The first-order valence-electron chi connectivity index (χ1n) is 3.98. The minimum Gasteiger partial charge on any atom is -0.326 e. The summed E-state index contributed by atoms with van der Waals surface area (Å²) >= 11 is 0. The van der Waals surface area contributed by atoms with E-state index in [1.54, 1.807) is 0 Å². The van der Waals surface area contributed by atoms with E-state index >= 15 is 0 Å². The molecule has 13 heavy (non-hydrogen) atoms. The monoisotopic (exact) mass is 191 g/mol. The molecule has 1 aromatic rings. The van der Waals surface area contributed by atoms with Crippen molar-refractivity contribution in [2.45, 2.75) is 20.4 Å². The Balaban J connectivity index is 0.000000671. The molecule has 0 radical (unpaired) electrons. The average molecular weight is 191 g/mol. The summed E-state index contributed by atoms with van der Waals surface area (Å²) in [7, 11) is 0. The molecule has 0 saturated heterocycles. The normalized spacial score (nSPS) is 9.08. The summed E-state index contributed by atoms with van der Waals surface area (Å²) in [5.74, 6) is -3.86. The third kappa shape index (κ3) is 3.06. The second kappa shape index (κ2) is 5.59. The maximum Gasteiger partial charge on any atom is 0.194 e. The Morgan fingerprint density at radius 2 is 1.46 bits per heavy atom. The number of halogens is 3. The molecule has 0 bridgehead atoms. The van der Waals surface area contributed by atoms with Crippen molar-refractivity contribution in [3.8, 4) is 0 Å². The Bertz CT molecular complexity index is 251. The second-order valence-corrected chi connectivity index (χ2v) is 2.08. The van der Waals surface area contributed by atoms with Gasteiger partial charge in [-0.15, -0.1) is 0 Å². The van der Waals surface area contributed by atoms with Crippen LogP contribution < -0.4 is 5.73 Å². The fourth-order valence-electron chi connectivity index (χ4n) is 0.726. The molecule has 0 atom stereocenters. The van der Waals surface area contributed by atoms with Crippen LogP contribution in [0.4, 0.5) is 13.2 Å². The van der Waals surface area contributed by atoms with Crippen molar-refractivity contribution >= 4 is 0 Å². The molecule has 2 N–H and O–H groups in total. The van der Waals surface area contributed by atoms with Crippen molar-refractivity contribution in [3.05, 3.63) is 35.1 Å². The molecule has 0 heterocycles. The number of rotatable bonds is 1.